The molecule has 0 aromatic rings. The maximum absolute atomic E-state index is 12.0. The lowest BCUT2D eigenvalue weighted by Crippen LogP contribution is -2.60. The van der Waals surface area contributed by atoms with Gasteiger partial charge in [-0.1, -0.05) is 0 Å². The maximum atomic E-state index is 12.0. The molecule has 1 aliphatic heterocycles. The van der Waals surface area contributed by atoms with Gasteiger partial charge in [0.15, 0.2) is 0 Å². The van der Waals surface area contributed by atoms with Crippen LogP contribution < -0.4 is 16.0 Å². The van der Waals surface area contributed by atoms with Gasteiger partial charge in [0.05, 0.1) is 12.1 Å². The summed E-state index contributed by atoms with van der Waals surface area (Å²) in [4.78, 5) is 25.2. The summed E-state index contributed by atoms with van der Waals surface area (Å²) in [5, 5.41) is 8.38. The standard InChI is InChI=1S/C11H22N4O2/c1-11(2,15-6-4-13-5-7-15)10(17)14-8-9(16)12-3/h13H,4-8H2,1-3H3,(H,12,16)(H,14,17). The zero-order valence-corrected chi connectivity index (χ0v) is 10.8. The van der Waals surface area contributed by atoms with Gasteiger partial charge in [0.1, 0.15) is 0 Å². The lowest BCUT2D eigenvalue weighted by Gasteiger charge is -2.39. The molecule has 1 saturated heterocycles. The predicted molar refractivity (Wildman–Crippen MR) is 65.6 cm³/mol. The molecule has 1 fully saturated rings. The molecule has 0 aliphatic carbocycles. The van der Waals surface area contributed by atoms with Crippen molar-refractivity contribution in [2.75, 3.05) is 39.8 Å². The quantitative estimate of drug-likeness (QED) is 0.563. The van der Waals surface area contributed by atoms with Gasteiger partial charge in [0.2, 0.25) is 11.8 Å². The molecule has 6 nitrogen and oxygen atoms in total. The topological polar surface area (TPSA) is 73.5 Å². The van der Waals surface area contributed by atoms with Gasteiger partial charge in [-0.25, -0.2) is 0 Å². The Hall–Kier alpha value is -1.14. The number of hydrogen-bond acceptors (Lipinski definition) is 4. The monoisotopic (exact) mass is 242 g/mol. The van der Waals surface area contributed by atoms with Crippen LogP contribution in [0.15, 0.2) is 0 Å². The molecule has 1 aliphatic rings. The summed E-state index contributed by atoms with van der Waals surface area (Å²) < 4.78 is 0. The van der Waals surface area contributed by atoms with Crippen LogP contribution in [0, 0.1) is 0 Å². The van der Waals surface area contributed by atoms with Gasteiger partial charge in [-0.15, -0.1) is 0 Å². The van der Waals surface area contributed by atoms with Crippen molar-refractivity contribution < 1.29 is 9.59 Å². The number of carbonyl (C=O) groups is 2. The summed E-state index contributed by atoms with van der Waals surface area (Å²) in [6, 6.07) is 0. The second-order valence-electron chi connectivity index (χ2n) is 4.65. The van der Waals surface area contributed by atoms with Crippen LogP contribution in [0.3, 0.4) is 0 Å². The molecular weight excluding hydrogens is 220 g/mol. The third-order valence-corrected chi connectivity index (χ3v) is 3.15. The molecule has 6 heteroatoms. The molecule has 0 aromatic heterocycles. The van der Waals surface area contributed by atoms with Gasteiger partial charge in [-0.3, -0.25) is 14.5 Å². The van der Waals surface area contributed by atoms with E-state index in [-0.39, 0.29) is 18.4 Å². The Kier molecular flexibility index (Phi) is 4.89. The highest BCUT2D eigenvalue weighted by atomic mass is 16.2. The maximum Gasteiger partial charge on any atom is 0.240 e. The molecule has 0 atom stereocenters. The summed E-state index contributed by atoms with van der Waals surface area (Å²) in [7, 11) is 1.55. The molecule has 0 spiro atoms. The molecule has 0 radical (unpaired) electrons. The van der Waals surface area contributed by atoms with E-state index in [1.165, 1.54) is 0 Å². The molecule has 1 heterocycles. The van der Waals surface area contributed by atoms with Crippen molar-refractivity contribution in [1.29, 1.82) is 0 Å². The molecule has 1 rings (SSSR count). The average molecular weight is 242 g/mol. The third kappa shape index (κ3) is 3.67. The highest BCUT2D eigenvalue weighted by Crippen LogP contribution is 2.14. The number of carbonyl (C=O) groups excluding carboxylic acids is 2. The molecule has 98 valence electrons. The Balaban J connectivity index is 2.49. The fourth-order valence-electron chi connectivity index (χ4n) is 1.83. The molecule has 0 unspecified atom stereocenters. The fourth-order valence-corrected chi connectivity index (χ4v) is 1.83. The number of nitrogens with one attached hydrogen (secondary N) is 3. The fraction of sp³-hybridized carbons (Fsp3) is 0.818. The molecule has 3 N–H and O–H groups in total. The first-order valence-electron chi connectivity index (χ1n) is 5.93. The Morgan fingerprint density at radius 3 is 2.41 bits per heavy atom. The van der Waals surface area contributed by atoms with Crippen LogP contribution in [0.1, 0.15) is 13.8 Å². The minimum absolute atomic E-state index is 0.0326. The molecule has 0 bridgehead atoms. The van der Waals surface area contributed by atoms with Crippen molar-refractivity contribution in [3.8, 4) is 0 Å². The van der Waals surface area contributed by atoms with Crippen molar-refractivity contribution in [3.63, 3.8) is 0 Å². The van der Waals surface area contributed by atoms with Gasteiger partial charge in [0.25, 0.3) is 0 Å². The van der Waals surface area contributed by atoms with Crippen LogP contribution in [-0.4, -0.2) is 62.0 Å². The van der Waals surface area contributed by atoms with Crippen LogP contribution in [-0.2, 0) is 9.59 Å². The van der Waals surface area contributed by atoms with Crippen LogP contribution >= 0.6 is 0 Å². The van der Waals surface area contributed by atoms with Crippen LogP contribution in [0.25, 0.3) is 0 Å². The summed E-state index contributed by atoms with van der Waals surface area (Å²) in [5.41, 5.74) is -0.573. The van der Waals surface area contributed by atoms with Gasteiger partial charge in [-0.05, 0) is 13.8 Å². The third-order valence-electron chi connectivity index (χ3n) is 3.15. The van der Waals surface area contributed by atoms with Crippen LogP contribution in [0.2, 0.25) is 0 Å². The van der Waals surface area contributed by atoms with Crippen molar-refractivity contribution in [2.24, 2.45) is 0 Å². The Morgan fingerprint density at radius 2 is 1.88 bits per heavy atom. The van der Waals surface area contributed by atoms with Crippen LogP contribution in [0.4, 0.5) is 0 Å². The average Bonchev–Trinajstić information content (AvgIpc) is 2.36. The van der Waals surface area contributed by atoms with Crippen molar-refractivity contribution in [1.82, 2.24) is 20.9 Å². The second kappa shape index (κ2) is 5.97. The van der Waals surface area contributed by atoms with E-state index in [2.05, 4.69) is 20.9 Å². The van der Waals surface area contributed by atoms with Gasteiger partial charge in [-0.2, -0.15) is 0 Å². The first kappa shape index (κ1) is 13.9. The lowest BCUT2D eigenvalue weighted by molar-refractivity contribution is -0.134. The molecule has 2 amide bonds. The Bertz CT molecular complexity index is 285. The number of nitrogens with zero attached hydrogens (tertiary/aromatic N) is 1. The number of piperazine rings is 1. The number of likely N-dealkylation sites (N-methyl/N-ethyl adjacent to an activating group) is 1. The largest absolute Gasteiger partial charge is 0.358 e. The highest BCUT2D eigenvalue weighted by molar-refractivity contribution is 5.89. The van der Waals surface area contributed by atoms with Gasteiger partial charge < -0.3 is 16.0 Å². The van der Waals surface area contributed by atoms with E-state index in [4.69, 9.17) is 0 Å². The Labute approximate surface area is 102 Å². The molecule has 0 aromatic carbocycles. The van der Waals surface area contributed by atoms with Gasteiger partial charge >= 0.3 is 0 Å². The first-order chi connectivity index (χ1) is 7.98. The Morgan fingerprint density at radius 1 is 1.29 bits per heavy atom. The highest BCUT2D eigenvalue weighted by Gasteiger charge is 2.34. The molecule has 0 saturated carbocycles. The van der Waals surface area contributed by atoms with Crippen molar-refractivity contribution in [3.05, 3.63) is 0 Å². The molecular formula is C11H22N4O2. The first-order valence-corrected chi connectivity index (χ1v) is 5.93. The van der Waals surface area contributed by atoms with E-state index >= 15 is 0 Å². The summed E-state index contributed by atoms with van der Waals surface area (Å²) in [5.74, 6) is -0.294. The SMILES string of the molecule is CNC(=O)CNC(=O)C(C)(C)N1CCNCC1. The normalized spacial score (nSPS) is 17.6. The lowest BCUT2D eigenvalue weighted by atomic mass is 10.0. The summed E-state index contributed by atoms with van der Waals surface area (Å²) in [6.07, 6.45) is 0. The number of amides is 2. The van der Waals surface area contributed by atoms with Gasteiger partial charge in [0, 0.05) is 33.2 Å². The number of hydrogen-bond donors (Lipinski definition) is 3. The minimum atomic E-state index is -0.573. The van der Waals surface area contributed by atoms with E-state index < -0.39 is 5.54 Å². The van der Waals surface area contributed by atoms with E-state index in [9.17, 15) is 9.59 Å². The minimum Gasteiger partial charge on any atom is -0.358 e. The van der Waals surface area contributed by atoms with E-state index in [1.807, 2.05) is 13.8 Å². The van der Waals surface area contributed by atoms with Crippen molar-refractivity contribution >= 4 is 11.8 Å². The van der Waals surface area contributed by atoms with E-state index in [0.717, 1.165) is 26.2 Å². The number of rotatable bonds is 4. The zero-order valence-electron chi connectivity index (χ0n) is 10.8. The molecule has 17 heavy (non-hydrogen) atoms. The smallest absolute Gasteiger partial charge is 0.240 e. The van der Waals surface area contributed by atoms with Crippen LogP contribution in [0.5, 0.6) is 0 Å². The summed E-state index contributed by atoms with van der Waals surface area (Å²) >= 11 is 0. The van der Waals surface area contributed by atoms with E-state index in [0.29, 0.717) is 0 Å². The van der Waals surface area contributed by atoms with E-state index in [1.54, 1.807) is 7.05 Å². The second-order valence-corrected chi connectivity index (χ2v) is 4.65. The summed E-state index contributed by atoms with van der Waals surface area (Å²) in [6.45, 7) is 7.29. The zero-order chi connectivity index (χ0) is 12.9. The predicted octanol–water partition coefficient (Wildman–Crippen LogP) is -1.47. The van der Waals surface area contributed by atoms with Crippen molar-refractivity contribution in [2.45, 2.75) is 19.4 Å².